The fraction of sp³-hybridized carbons (Fsp3) is 0.286. The second kappa shape index (κ2) is 6.00. The monoisotopic (exact) mass is 243 g/mol. The lowest BCUT2D eigenvalue weighted by Crippen LogP contribution is -1.97. The summed E-state index contributed by atoms with van der Waals surface area (Å²) in [6, 6.07) is 9.83. The molecule has 18 heavy (non-hydrogen) atoms. The topological polar surface area (TPSA) is 47.0 Å². The van der Waals surface area contributed by atoms with Crippen LogP contribution in [-0.2, 0) is 6.42 Å². The Labute approximate surface area is 107 Å². The van der Waals surface area contributed by atoms with Gasteiger partial charge in [-0.25, -0.2) is 4.98 Å². The molecule has 0 fully saturated rings. The van der Waals surface area contributed by atoms with E-state index >= 15 is 0 Å². The van der Waals surface area contributed by atoms with E-state index in [-0.39, 0.29) is 0 Å². The molecule has 2 rings (SSSR count). The highest BCUT2D eigenvalue weighted by atomic mass is 16.5. The summed E-state index contributed by atoms with van der Waals surface area (Å²) < 4.78 is 5.66. The van der Waals surface area contributed by atoms with Gasteiger partial charge >= 0.3 is 0 Å². The van der Waals surface area contributed by atoms with E-state index in [2.05, 4.69) is 34.3 Å². The Hall–Kier alpha value is -2.10. The largest absolute Gasteiger partial charge is 0.439 e. The third-order valence-electron chi connectivity index (χ3n) is 2.54. The van der Waals surface area contributed by atoms with E-state index in [9.17, 15) is 0 Å². The van der Waals surface area contributed by atoms with E-state index in [1.807, 2.05) is 12.1 Å². The van der Waals surface area contributed by atoms with E-state index in [0.29, 0.717) is 11.8 Å². The SMILES string of the molecule is CCCc1ccc(Oc2ccnc(NC)n2)cc1. The van der Waals surface area contributed by atoms with Crippen molar-refractivity contribution in [1.29, 1.82) is 0 Å². The number of aryl methyl sites for hydroxylation is 1. The molecule has 0 aliphatic rings. The smallest absolute Gasteiger partial charge is 0.225 e. The summed E-state index contributed by atoms with van der Waals surface area (Å²) in [6.45, 7) is 2.17. The molecule has 0 aliphatic carbocycles. The molecular formula is C14H17N3O. The molecule has 4 heteroatoms. The van der Waals surface area contributed by atoms with Crippen molar-refractivity contribution in [2.24, 2.45) is 0 Å². The van der Waals surface area contributed by atoms with E-state index in [4.69, 9.17) is 4.74 Å². The normalized spacial score (nSPS) is 10.1. The summed E-state index contributed by atoms with van der Waals surface area (Å²) >= 11 is 0. The van der Waals surface area contributed by atoms with Crippen LogP contribution >= 0.6 is 0 Å². The molecule has 0 spiro atoms. The Balaban J connectivity index is 2.08. The summed E-state index contributed by atoms with van der Waals surface area (Å²) in [5.74, 6) is 1.88. The van der Waals surface area contributed by atoms with Crippen molar-refractivity contribution < 1.29 is 4.74 Å². The second-order valence-corrected chi connectivity index (χ2v) is 3.96. The summed E-state index contributed by atoms with van der Waals surface area (Å²) in [7, 11) is 1.78. The van der Waals surface area contributed by atoms with Crippen molar-refractivity contribution >= 4 is 5.95 Å². The Morgan fingerprint density at radius 1 is 1.17 bits per heavy atom. The van der Waals surface area contributed by atoms with Crippen molar-refractivity contribution in [3.05, 3.63) is 42.1 Å². The maximum Gasteiger partial charge on any atom is 0.225 e. The summed E-state index contributed by atoms with van der Waals surface area (Å²) in [5.41, 5.74) is 1.32. The van der Waals surface area contributed by atoms with Crippen LogP contribution in [-0.4, -0.2) is 17.0 Å². The summed E-state index contributed by atoms with van der Waals surface area (Å²) in [4.78, 5) is 8.24. The van der Waals surface area contributed by atoms with Crippen molar-refractivity contribution in [2.75, 3.05) is 12.4 Å². The van der Waals surface area contributed by atoms with Crippen LogP contribution in [0.3, 0.4) is 0 Å². The van der Waals surface area contributed by atoms with E-state index in [1.54, 1.807) is 19.3 Å². The molecule has 1 N–H and O–H groups in total. The molecule has 0 aliphatic heterocycles. The first-order valence-corrected chi connectivity index (χ1v) is 6.09. The quantitative estimate of drug-likeness (QED) is 0.875. The van der Waals surface area contributed by atoms with Crippen LogP contribution in [0.1, 0.15) is 18.9 Å². The zero-order chi connectivity index (χ0) is 12.8. The zero-order valence-corrected chi connectivity index (χ0v) is 10.7. The summed E-state index contributed by atoms with van der Waals surface area (Å²) in [5, 5.41) is 2.88. The van der Waals surface area contributed by atoms with Gasteiger partial charge in [-0.1, -0.05) is 25.5 Å². The molecule has 94 valence electrons. The van der Waals surface area contributed by atoms with Gasteiger partial charge in [0.2, 0.25) is 11.8 Å². The number of benzene rings is 1. The van der Waals surface area contributed by atoms with Crippen LogP contribution in [0.4, 0.5) is 5.95 Å². The number of ether oxygens (including phenoxy) is 1. The predicted molar refractivity (Wildman–Crippen MR) is 72.1 cm³/mol. The molecule has 0 bridgehead atoms. The number of nitrogens with zero attached hydrogens (tertiary/aromatic N) is 2. The third-order valence-corrected chi connectivity index (χ3v) is 2.54. The van der Waals surface area contributed by atoms with E-state index in [0.717, 1.165) is 18.6 Å². The van der Waals surface area contributed by atoms with Gasteiger partial charge in [-0.15, -0.1) is 0 Å². The predicted octanol–water partition coefficient (Wildman–Crippen LogP) is 3.26. The Morgan fingerprint density at radius 2 is 1.94 bits per heavy atom. The number of hydrogen-bond acceptors (Lipinski definition) is 4. The Kier molecular flexibility index (Phi) is 4.12. The minimum atomic E-state index is 0.539. The van der Waals surface area contributed by atoms with Gasteiger partial charge in [0, 0.05) is 19.3 Å². The van der Waals surface area contributed by atoms with Gasteiger partial charge < -0.3 is 10.1 Å². The molecule has 0 atom stereocenters. The molecule has 0 saturated heterocycles. The number of rotatable bonds is 5. The Morgan fingerprint density at radius 3 is 2.61 bits per heavy atom. The highest BCUT2D eigenvalue weighted by molar-refractivity contribution is 5.32. The highest BCUT2D eigenvalue weighted by Crippen LogP contribution is 2.20. The molecule has 0 amide bonds. The Bertz CT molecular complexity index is 497. The molecule has 2 aromatic rings. The standard InChI is InChI=1S/C14H17N3O/c1-3-4-11-5-7-12(8-6-11)18-13-9-10-16-14(15-2)17-13/h5-10H,3-4H2,1-2H3,(H,15,16,17). The average molecular weight is 243 g/mol. The van der Waals surface area contributed by atoms with Gasteiger partial charge in [0.1, 0.15) is 5.75 Å². The van der Waals surface area contributed by atoms with Crippen LogP contribution in [0.25, 0.3) is 0 Å². The van der Waals surface area contributed by atoms with Crippen molar-refractivity contribution in [3.63, 3.8) is 0 Å². The van der Waals surface area contributed by atoms with Crippen LogP contribution in [0.15, 0.2) is 36.5 Å². The maximum absolute atomic E-state index is 5.66. The van der Waals surface area contributed by atoms with Gasteiger partial charge in [0.25, 0.3) is 0 Å². The van der Waals surface area contributed by atoms with E-state index in [1.165, 1.54) is 5.56 Å². The first-order chi connectivity index (χ1) is 8.81. The molecule has 1 aromatic heterocycles. The molecule has 0 radical (unpaired) electrons. The maximum atomic E-state index is 5.66. The van der Waals surface area contributed by atoms with Crippen molar-refractivity contribution in [1.82, 2.24) is 9.97 Å². The van der Waals surface area contributed by atoms with Crippen molar-refractivity contribution in [2.45, 2.75) is 19.8 Å². The lowest BCUT2D eigenvalue weighted by atomic mass is 10.1. The van der Waals surface area contributed by atoms with Crippen molar-refractivity contribution in [3.8, 4) is 11.6 Å². The lowest BCUT2D eigenvalue weighted by molar-refractivity contribution is 0.462. The molecule has 4 nitrogen and oxygen atoms in total. The fourth-order valence-corrected chi connectivity index (χ4v) is 1.65. The number of hydrogen-bond donors (Lipinski definition) is 1. The molecule has 0 saturated carbocycles. The number of nitrogens with one attached hydrogen (secondary N) is 1. The minimum Gasteiger partial charge on any atom is -0.439 e. The van der Waals surface area contributed by atoms with Gasteiger partial charge in [0.15, 0.2) is 0 Å². The lowest BCUT2D eigenvalue weighted by Gasteiger charge is -2.06. The van der Waals surface area contributed by atoms with E-state index < -0.39 is 0 Å². The molecule has 1 heterocycles. The second-order valence-electron chi connectivity index (χ2n) is 3.96. The minimum absolute atomic E-state index is 0.539. The zero-order valence-electron chi connectivity index (χ0n) is 10.7. The highest BCUT2D eigenvalue weighted by Gasteiger charge is 2.00. The number of aromatic nitrogens is 2. The van der Waals surface area contributed by atoms with Gasteiger partial charge in [-0.3, -0.25) is 0 Å². The third kappa shape index (κ3) is 3.20. The van der Waals surface area contributed by atoms with Crippen LogP contribution in [0.2, 0.25) is 0 Å². The van der Waals surface area contributed by atoms with Crippen LogP contribution < -0.4 is 10.1 Å². The first-order valence-electron chi connectivity index (χ1n) is 6.09. The van der Waals surface area contributed by atoms with Gasteiger partial charge in [-0.05, 0) is 24.1 Å². The van der Waals surface area contributed by atoms with Gasteiger partial charge in [0.05, 0.1) is 0 Å². The van der Waals surface area contributed by atoms with Crippen LogP contribution in [0.5, 0.6) is 11.6 Å². The van der Waals surface area contributed by atoms with Crippen LogP contribution in [0, 0.1) is 0 Å². The summed E-state index contributed by atoms with van der Waals surface area (Å²) in [6.07, 6.45) is 3.91. The van der Waals surface area contributed by atoms with Gasteiger partial charge in [-0.2, -0.15) is 4.98 Å². The fourth-order valence-electron chi connectivity index (χ4n) is 1.65. The average Bonchev–Trinajstić information content (AvgIpc) is 2.42. The molecule has 1 aromatic carbocycles. The number of anilines is 1. The molecule has 0 unspecified atom stereocenters. The first kappa shape index (κ1) is 12.4. The molecular weight excluding hydrogens is 226 g/mol.